The molecule has 0 aromatic carbocycles. The van der Waals surface area contributed by atoms with E-state index in [1.807, 2.05) is 4.90 Å². The lowest BCUT2D eigenvalue weighted by atomic mass is 10.1. The first kappa shape index (κ1) is 14.5. The number of aromatic nitrogens is 2. The average molecular weight is 302 g/mol. The first-order valence-corrected chi connectivity index (χ1v) is 7.38. The van der Waals surface area contributed by atoms with Crippen molar-refractivity contribution in [3.05, 3.63) is 21.9 Å². The van der Waals surface area contributed by atoms with Crippen LogP contribution >= 0.6 is 23.2 Å². The summed E-state index contributed by atoms with van der Waals surface area (Å²) >= 11 is 11.8. The van der Waals surface area contributed by atoms with E-state index in [9.17, 15) is 4.79 Å². The van der Waals surface area contributed by atoms with Gasteiger partial charge in [-0.15, -0.1) is 10.2 Å². The summed E-state index contributed by atoms with van der Waals surface area (Å²) in [6, 6.07) is 1.77. The van der Waals surface area contributed by atoms with Gasteiger partial charge in [-0.1, -0.05) is 43.0 Å². The zero-order chi connectivity index (χ0) is 13.8. The Balaban J connectivity index is 2.27. The number of likely N-dealkylation sites (tertiary alicyclic amines) is 1. The minimum Gasteiger partial charge on any atom is -0.336 e. The van der Waals surface area contributed by atoms with E-state index >= 15 is 0 Å². The van der Waals surface area contributed by atoms with Crippen molar-refractivity contribution < 1.29 is 4.79 Å². The van der Waals surface area contributed by atoms with E-state index in [1.54, 1.807) is 0 Å². The summed E-state index contributed by atoms with van der Waals surface area (Å²) in [6.07, 6.45) is 5.38. The standard InChI is InChI=1S/C13H17Cl2N3O/c1-2-9-6-4-3-5-7-18(9)13(19)10-8-11(14)16-17-12(10)15/h8-9H,2-7H2,1H3. The van der Waals surface area contributed by atoms with Gasteiger partial charge in [0, 0.05) is 12.6 Å². The Labute approximate surface area is 123 Å². The fraction of sp³-hybridized carbons (Fsp3) is 0.615. The normalized spacial score (nSPS) is 20.2. The van der Waals surface area contributed by atoms with Crippen LogP contribution in [-0.4, -0.2) is 33.6 Å². The number of amides is 1. The molecule has 0 N–H and O–H groups in total. The van der Waals surface area contributed by atoms with Crippen LogP contribution < -0.4 is 0 Å². The number of carbonyl (C=O) groups is 1. The summed E-state index contributed by atoms with van der Waals surface area (Å²) in [7, 11) is 0. The molecule has 6 heteroatoms. The lowest BCUT2D eigenvalue weighted by molar-refractivity contribution is 0.0677. The smallest absolute Gasteiger partial charge is 0.257 e. The van der Waals surface area contributed by atoms with Gasteiger partial charge in [0.05, 0.1) is 5.56 Å². The van der Waals surface area contributed by atoms with Crippen molar-refractivity contribution in [1.82, 2.24) is 15.1 Å². The van der Waals surface area contributed by atoms with Crippen molar-refractivity contribution >= 4 is 29.1 Å². The third kappa shape index (κ3) is 3.37. The molecule has 1 aromatic rings. The molecule has 0 bridgehead atoms. The van der Waals surface area contributed by atoms with Gasteiger partial charge in [-0.05, 0) is 25.3 Å². The monoisotopic (exact) mass is 301 g/mol. The number of carbonyl (C=O) groups excluding carboxylic acids is 1. The Morgan fingerprint density at radius 1 is 1.37 bits per heavy atom. The predicted octanol–water partition coefficient (Wildman–Crippen LogP) is 3.58. The Morgan fingerprint density at radius 2 is 2.16 bits per heavy atom. The second-order valence-electron chi connectivity index (χ2n) is 4.78. The highest BCUT2D eigenvalue weighted by molar-refractivity contribution is 6.34. The Kier molecular flexibility index (Phi) is 4.99. The zero-order valence-corrected chi connectivity index (χ0v) is 12.4. The first-order chi connectivity index (χ1) is 9.13. The minimum absolute atomic E-state index is 0.0875. The third-order valence-corrected chi connectivity index (χ3v) is 4.02. The van der Waals surface area contributed by atoms with Gasteiger partial charge in [-0.3, -0.25) is 4.79 Å². The lowest BCUT2D eigenvalue weighted by Crippen LogP contribution is -2.39. The lowest BCUT2D eigenvalue weighted by Gasteiger charge is -2.29. The summed E-state index contributed by atoms with van der Waals surface area (Å²) < 4.78 is 0. The van der Waals surface area contributed by atoms with Gasteiger partial charge >= 0.3 is 0 Å². The largest absolute Gasteiger partial charge is 0.336 e. The molecular formula is C13H17Cl2N3O. The highest BCUT2D eigenvalue weighted by Gasteiger charge is 2.27. The van der Waals surface area contributed by atoms with E-state index in [2.05, 4.69) is 17.1 Å². The zero-order valence-electron chi connectivity index (χ0n) is 10.9. The van der Waals surface area contributed by atoms with E-state index in [-0.39, 0.29) is 22.3 Å². The average Bonchev–Trinajstić information content (AvgIpc) is 2.65. The Bertz CT molecular complexity index is 467. The van der Waals surface area contributed by atoms with Crippen molar-refractivity contribution in [3.8, 4) is 0 Å². The maximum atomic E-state index is 12.6. The molecule has 0 radical (unpaired) electrons. The highest BCUT2D eigenvalue weighted by atomic mass is 35.5. The van der Waals surface area contributed by atoms with Gasteiger partial charge in [0.15, 0.2) is 10.3 Å². The Morgan fingerprint density at radius 3 is 2.89 bits per heavy atom. The molecule has 2 rings (SSSR count). The van der Waals surface area contributed by atoms with Crippen LogP contribution in [0.2, 0.25) is 10.3 Å². The van der Waals surface area contributed by atoms with Gasteiger partial charge < -0.3 is 4.90 Å². The second kappa shape index (κ2) is 6.53. The van der Waals surface area contributed by atoms with Crippen LogP contribution in [0, 0.1) is 0 Å². The predicted molar refractivity (Wildman–Crippen MR) is 75.6 cm³/mol. The molecule has 0 saturated carbocycles. The third-order valence-electron chi connectivity index (χ3n) is 3.56. The molecule has 104 valence electrons. The van der Waals surface area contributed by atoms with Gasteiger partial charge in [0.1, 0.15) is 0 Å². The topological polar surface area (TPSA) is 46.1 Å². The van der Waals surface area contributed by atoms with E-state index < -0.39 is 0 Å². The van der Waals surface area contributed by atoms with Gasteiger partial charge in [-0.2, -0.15) is 0 Å². The molecule has 1 atom stereocenters. The summed E-state index contributed by atoms with van der Waals surface area (Å²) in [4.78, 5) is 14.5. The molecule has 19 heavy (non-hydrogen) atoms. The Hall–Kier alpha value is -0.870. The van der Waals surface area contributed by atoms with Crippen LogP contribution in [0.25, 0.3) is 0 Å². The van der Waals surface area contributed by atoms with Gasteiger partial charge in [-0.25, -0.2) is 0 Å². The molecule has 0 spiro atoms. The van der Waals surface area contributed by atoms with Crippen molar-refractivity contribution in [2.75, 3.05) is 6.54 Å². The highest BCUT2D eigenvalue weighted by Crippen LogP contribution is 2.24. The van der Waals surface area contributed by atoms with Crippen LogP contribution in [-0.2, 0) is 0 Å². The molecule has 0 aliphatic carbocycles. The SMILES string of the molecule is CCC1CCCCCN1C(=O)c1cc(Cl)nnc1Cl. The van der Waals surface area contributed by atoms with Crippen molar-refractivity contribution in [3.63, 3.8) is 0 Å². The number of hydrogen-bond acceptors (Lipinski definition) is 3. The van der Waals surface area contributed by atoms with Crippen LogP contribution in [0.3, 0.4) is 0 Å². The van der Waals surface area contributed by atoms with E-state index in [1.165, 1.54) is 18.9 Å². The van der Waals surface area contributed by atoms with Crippen molar-refractivity contribution in [1.29, 1.82) is 0 Å². The van der Waals surface area contributed by atoms with E-state index in [0.717, 1.165) is 25.8 Å². The molecular weight excluding hydrogens is 285 g/mol. The molecule has 1 aliphatic rings. The van der Waals surface area contributed by atoms with Crippen LogP contribution in [0.15, 0.2) is 6.07 Å². The summed E-state index contributed by atoms with van der Waals surface area (Å²) in [6.45, 7) is 2.88. The van der Waals surface area contributed by atoms with E-state index in [0.29, 0.717) is 5.56 Å². The fourth-order valence-corrected chi connectivity index (χ4v) is 2.85. The van der Waals surface area contributed by atoms with Crippen LogP contribution in [0.5, 0.6) is 0 Å². The summed E-state index contributed by atoms with van der Waals surface area (Å²) in [5.74, 6) is -0.0875. The number of hydrogen-bond donors (Lipinski definition) is 0. The fourth-order valence-electron chi connectivity index (χ4n) is 2.53. The molecule has 1 amide bonds. The number of halogens is 2. The van der Waals surface area contributed by atoms with Crippen LogP contribution in [0.4, 0.5) is 0 Å². The minimum atomic E-state index is -0.0875. The van der Waals surface area contributed by atoms with Crippen LogP contribution in [0.1, 0.15) is 49.4 Å². The van der Waals surface area contributed by atoms with Gasteiger partial charge in [0.2, 0.25) is 0 Å². The maximum absolute atomic E-state index is 12.6. The van der Waals surface area contributed by atoms with Crippen molar-refractivity contribution in [2.45, 2.75) is 45.1 Å². The molecule has 4 nitrogen and oxygen atoms in total. The molecule has 1 aliphatic heterocycles. The summed E-state index contributed by atoms with van der Waals surface area (Å²) in [5.41, 5.74) is 0.349. The second-order valence-corrected chi connectivity index (χ2v) is 5.53. The molecule has 1 aromatic heterocycles. The number of nitrogens with zero attached hydrogens (tertiary/aromatic N) is 3. The molecule has 1 saturated heterocycles. The van der Waals surface area contributed by atoms with E-state index in [4.69, 9.17) is 23.2 Å². The molecule has 1 fully saturated rings. The maximum Gasteiger partial charge on any atom is 0.257 e. The molecule has 2 heterocycles. The quantitative estimate of drug-likeness (QED) is 0.839. The van der Waals surface area contributed by atoms with Crippen molar-refractivity contribution in [2.24, 2.45) is 0 Å². The molecule has 1 unspecified atom stereocenters. The summed E-state index contributed by atoms with van der Waals surface area (Å²) in [5, 5.41) is 7.65. The number of rotatable bonds is 2. The first-order valence-electron chi connectivity index (χ1n) is 6.63. The van der Waals surface area contributed by atoms with Gasteiger partial charge in [0.25, 0.3) is 5.91 Å².